The van der Waals surface area contributed by atoms with E-state index in [2.05, 4.69) is 16.5 Å². The van der Waals surface area contributed by atoms with E-state index in [0.717, 1.165) is 23.7 Å². The number of ether oxygens (including phenoxy) is 1. The first-order valence-corrected chi connectivity index (χ1v) is 6.19. The Hall–Kier alpha value is -1.81. The molecule has 96 valence electrons. The number of rotatable bonds is 5. The molecular formula is C14H19N3O. The molecule has 4 nitrogen and oxygen atoms in total. The van der Waals surface area contributed by atoms with E-state index in [9.17, 15) is 0 Å². The molecule has 4 heteroatoms. The minimum absolute atomic E-state index is 0.0351. The summed E-state index contributed by atoms with van der Waals surface area (Å²) >= 11 is 0. The summed E-state index contributed by atoms with van der Waals surface area (Å²) in [4.78, 5) is 4.28. The van der Waals surface area contributed by atoms with Crippen LogP contribution in [0.15, 0.2) is 36.7 Å². The van der Waals surface area contributed by atoms with Crippen molar-refractivity contribution in [2.24, 2.45) is 5.73 Å². The van der Waals surface area contributed by atoms with Gasteiger partial charge in [0.1, 0.15) is 18.2 Å². The zero-order chi connectivity index (χ0) is 13.0. The number of imidazole rings is 1. The minimum atomic E-state index is -0.0351. The summed E-state index contributed by atoms with van der Waals surface area (Å²) in [5.74, 6) is 1.76. The van der Waals surface area contributed by atoms with Crippen molar-refractivity contribution in [1.29, 1.82) is 0 Å². The average molecular weight is 245 g/mol. The Kier molecular flexibility index (Phi) is 3.99. The molecule has 0 spiro atoms. The van der Waals surface area contributed by atoms with E-state index in [1.54, 1.807) is 6.20 Å². The Bertz CT molecular complexity index is 505. The molecule has 1 heterocycles. The molecule has 18 heavy (non-hydrogen) atoms. The van der Waals surface area contributed by atoms with Gasteiger partial charge in [-0.25, -0.2) is 4.98 Å². The van der Waals surface area contributed by atoms with Crippen LogP contribution in [0.4, 0.5) is 0 Å². The van der Waals surface area contributed by atoms with Crippen LogP contribution in [0.3, 0.4) is 0 Å². The van der Waals surface area contributed by atoms with Crippen molar-refractivity contribution in [3.63, 3.8) is 0 Å². The second-order valence-corrected chi connectivity index (χ2v) is 4.24. The van der Waals surface area contributed by atoms with E-state index in [0.29, 0.717) is 6.61 Å². The Morgan fingerprint density at radius 2 is 2.17 bits per heavy atom. The fourth-order valence-electron chi connectivity index (χ4n) is 1.90. The van der Waals surface area contributed by atoms with E-state index in [-0.39, 0.29) is 6.04 Å². The predicted octanol–water partition coefficient (Wildman–Crippen LogP) is 2.50. The van der Waals surface area contributed by atoms with Crippen molar-refractivity contribution < 1.29 is 4.74 Å². The third-order valence-corrected chi connectivity index (χ3v) is 2.91. The van der Waals surface area contributed by atoms with Crippen LogP contribution in [0.25, 0.3) is 0 Å². The highest BCUT2D eigenvalue weighted by molar-refractivity contribution is 5.35. The highest BCUT2D eigenvalue weighted by Crippen LogP contribution is 2.23. The number of para-hydroxylation sites is 1. The summed E-state index contributed by atoms with van der Waals surface area (Å²) in [6, 6.07) is 7.82. The molecule has 0 unspecified atom stereocenters. The lowest BCUT2D eigenvalue weighted by Gasteiger charge is -2.14. The first-order chi connectivity index (χ1) is 8.72. The third-order valence-electron chi connectivity index (χ3n) is 2.91. The van der Waals surface area contributed by atoms with Gasteiger partial charge < -0.3 is 15.0 Å². The van der Waals surface area contributed by atoms with Crippen molar-refractivity contribution in [3.8, 4) is 5.75 Å². The van der Waals surface area contributed by atoms with Crippen LogP contribution in [-0.4, -0.2) is 9.55 Å². The molecule has 2 N–H and O–H groups in total. The lowest BCUT2D eigenvalue weighted by molar-refractivity contribution is 0.285. The fourth-order valence-corrected chi connectivity index (χ4v) is 1.90. The lowest BCUT2D eigenvalue weighted by Crippen LogP contribution is -2.10. The van der Waals surface area contributed by atoms with E-state index in [1.165, 1.54) is 0 Å². The van der Waals surface area contributed by atoms with Gasteiger partial charge in [0.15, 0.2) is 0 Å². The van der Waals surface area contributed by atoms with Gasteiger partial charge in [-0.1, -0.05) is 18.2 Å². The molecule has 0 aliphatic carbocycles. The molecule has 0 aliphatic rings. The van der Waals surface area contributed by atoms with Gasteiger partial charge in [0, 0.05) is 30.5 Å². The SMILES string of the molecule is CCn1ccnc1COc1ccccc1[C@H](C)N. The summed E-state index contributed by atoms with van der Waals surface area (Å²) in [7, 11) is 0. The molecule has 2 aromatic rings. The van der Waals surface area contributed by atoms with E-state index < -0.39 is 0 Å². The van der Waals surface area contributed by atoms with Crippen LogP contribution in [0.1, 0.15) is 31.3 Å². The van der Waals surface area contributed by atoms with Crippen LogP contribution in [0, 0.1) is 0 Å². The van der Waals surface area contributed by atoms with Crippen LogP contribution in [0.2, 0.25) is 0 Å². The normalized spacial score (nSPS) is 12.4. The second-order valence-electron chi connectivity index (χ2n) is 4.24. The van der Waals surface area contributed by atoms with Gasteiger partial charge in [-0.2, -0.15) is 0 Å². The number of aryl methyl sites for hydroxylation is 1. The Morgan fingerprint density at radius 3 is 2.89 bits per heavy atom. The Labute approximate surface area is 107 Å². The van der Waals surface area contributed by atoms with Gasteiger partial charge in [0.05, 0.1) is 0 Å². The zero-order valence-corrected chi connectivity index (χ0v) is 10.8. The van der Waals surface area contributed by atoms with Gasteiger partial charge in [0.25, 0.3) is 0 Å². The van der Waals surface area contributed by atoms with Gasteiger partial charge in [0.2, 0.25) is 0 Å². The van der Waals surface area contributed by atoms with Gasteiger partial charge in [-0.05, 0) is 19.9 Å². The minimum Gasteiger partial charge on any atom is -0.485 e. The number of aromatic nitrogens is 2. The van der Waals surface area contributed by atoms with Gasteiger partial charge in [-0.3, -0.25) is 0 Å². The standard InChI is InChI=1S/C14H19N3O/c1-3-17-9-8-16-14(17)10-18-13-7-5-4-6-12(13)11(2)15/h4-9,11H,3,10,15H2,1-2H3/t11-/m0/s1. The molecule has 0 radical (unpaired) electrons. The largest absolute Gasteiger partial charge is 0.485 e. The van der Waals surface area contributed by atoms with Crippen molar-refractivity contribution in [1.82, 2.24) is 9.55 Å². The molecule has 1 atom stereocenters. The topological polar surface area (TPSA) is 53.1 Å². The highest BCUT2D eigenvalue weighted by Gasteiger charge is 2.08. The van der Waals surface area contributed by atoms with E-state index in [1.807, 2.05) is 37.4 Å². The molecule has 0 bridgehead atoms. The van der Waals surface area contributed by atoms with Crippen molar-refractivity contribution in [2.75, 3.05) is 0 Å². The molecule has 1 aromatic carbocycles. The molecule has 2 rings (SSSR count). The Morgan fingerprint density at radius 1 is 1.39 bits per heavy atom. The molecule has 0 aliphatic heterocycles. The van der Waals surface area contributed by atoms with Crippen molar-refractivity contribution in [3.05, 3.63) is 48.0 Å². The molecule has 1 aromatic heterocycles. The zero-order valence-electron chi connectivity index (χ0n) is 10.8. The monoisotopic (exact) mass is 245 g/mol. The molecule has 0 fully saturated rings. The number of nitrogens with two attached hydrogens (primary N) is 1. The maximum atomic E-state index is 5.92. The molecule has 0 saturated heterocycles. The molecule has 0 amide bonds. The maximum absolute atomic E-state index is 5.92. The first-order valence-electron chi connectivity index (χ1n) is 6.19. The molecular weight excluding hydrogens is 226 g/mol. The van der Waals surface area contributed by atoms with E-state index in [4.69, 9.17) is 10.5 Å². The first kappa shape index (κ1) is 12.6. The van der Waals surface area contributed by atoms with Crippen LogP contribution in [-0.2, 0) is 13.2 Å². The summed E-state index contributed by atoms with van der Waals surface area (Å²) in [5, 5.41) is 0. The maximum Gasteiger partial charge on any atom is 0.146 e. The molecule has 0 saturated carbocycles. The number of nitrogens with zero attached hydrogens (tertiary/aromatic N) is 2. The smallest absolute Gasteiger partial charge is 0.146 e. The van der Waals surface area contributed by atoms with Crippen molar-refractivity contribution in [2.45, 2.75) is 33.0 Å². The summed E-state index contributed by atoms with van der Waals surface area (Å²) in [6.45, 7) is 5.40. The van der Waals surface area contributed by atoms with Gasteiger partial charge in [-0.15, -0.1) is 0 Å². The quantitative estimate of drug-likeness (QED) is 0.880. The number of benzene rings is 1. The van der Waals surface area contributed by atoms with Gasteiger partial charge >= 0.3 is 0 Å². The number of hydrogen-bond donors (Lipinski definition) is 1. The summed E-state index contributed by atoms with van der Waals surface area (Å²) in [5.41, 5.74) is 6.94. The highest BCUT2D eigenvalue weighted by atomic mass is 16.5. The van der Waals surface area contributed by atoms with E-state index >= 15 is 0 Å². The fraction of sp³-hybridized carbons (Fsp3) is 0.357. The third kappa shape index (κ3) is 2.71. The average Bonchev–Trinajstić information content (AvgIpc) is 2.84. The van der Waals surface area contributed by atoms with Crippen molar-refractivity contribution >= 4 is 0 Å². The lowest BCUT2D eigenvalue weighted by atomic mass is 10.1. The Balaban J connectivity index is 2.11. The van der Waals surface area contributed by atoms with Crippen LogP contribution in [0.5, 0.6) is 5.75 Å². The number of hydrogen-bond acceptors (Lipinski definition) is 3. The van der Waals surface area contributed by atoms with Crippen LogP contribution >= 0.6 is 0 Å². The van der Waals surface area contributed by atoms with Crippen LogP contribution < -0.4 is 10.5 Å². The predicted molar refractivity (Wildman–Crippen MR) is 71.3 cm³/mol. The second kappa shape index (κ2) is 5.69. The summed E-state index contributed by atoms with van der Waals surface area (Å²) < 4.78 is 7.89. The summed E-state index contributed by atoms with van der Waals surface area (Å²) in [6.07, 6.45) is 3.75.